The molecule has 3 aromatic rings. The number of hydrogen-bond donors (Lipinski definition) is 1. The van der Waals surface area contributed by atoms with Gasteiger partial charge in [0.25, 0.3) is 5.91 Å². The number of rotatable bonds is 7. The minimum Gasteiger partial charge on any atom is -0.496 e. The molecule has 1 saturated heterocycles. The molecule has 0 saturated carbocycles. The third-order valence-corrected chi connectivity index (χ3v) is 5.80. The molecule has 6 heteroatoms. The van der Waals surface area contributed by atoms with Gasteiger partial charge in [-0.2, -0.15) is 5.10 Å². The van der Waals surface area contributed by atoms with E-state index in [0.717, 1.165) is 50.1 Å². The molecule has 1 aliphatic rings. The first-order valence-electron chi connectivity index (χ1n) is 11.0. The number of nitrogens with zero attached hydrogens (tertiary/aromatic N) is 3. The van der Waals surface area contributed by atoms with Gasteiger partial charge in [-0.3, -0.25) is 4.79 Å². The quantitative estimate of drug-likeness (QED) is 0.626. The summed E-state index contributed by atoms with van der Waals surface area (Å²) in [5.41, 5.74) is 2.90. The molecule has 0 unspecified atom stereocenters. The highest BCUT2D eigenvalue weighted by Crippen LogP contribution is 2.32. The summed E-state index contributed by atoms with van der Waals surface area (Å²) in [4.78, 5) is 15.8. The van der Waals surface area contributed by atoms with E-state index < -0.39 is 0 Å². The van der Waals surface area contributed by atoms with Gasteiger partial charge in [0.05, 0.1) is 18.4 Å². The first kappa shape index (κ1) is 21.1. The molecule has 0 atom stereocenters. The highest BCUT2D eigenvalue weighted by atomic mass is 16.5. The number of carbonyl (C=O) groups is 1. The Morgan fingerprint density at radius 2 is 1.81 bits per heavy atom. The number of piperidine rings is 1. The number of aromatic nitrogens is 2. The molecule has 0 spiro atoms. The summed E-state index contributed by atoms with van der Waals surface area (Å²) in [5, 5.41) is 8.03. The number of likely N-dealkylation sites (tertiary alicyclic amines) is 1. The van der Waals surface area contributed by atoms with Gasteiger partial charge < -0.3 is 15.0 Å². The summed E-state index contributed by atoms with van der Waals surface area (Å²) in [5.74, 6) is 0.611. The van der Waals surface area contributed by atoms with E-state index in [-0.39, 0.29) is 11.9 Å². The number of hydrogen-bond acceptors (Lipinski definition) is 4. The standard InChI is InChI=1S/C25H30N4O2/c1-3-15-28-16-13-19(14-17-28)26-25(30)22-18-29(20-9-5-4-6-10-20)27-24(22)21-11-7-8-12-23(21)31-2/h4-12,18-19H,3,13-17H2,1-2H3,(H,26,30). The zero-order valence-corrected chi connectivity index (χ0v) is 18.3. The smallest absolute Gasteiger partial charge is 0.255 e. The monoisotopic (exact) mass is 418 g/mol. The fraction of sp³-hybridized carbons (Fsp3) is 0.360. The molecule has 2 aromatic carbocycles. The Balaban J connectivity index is 1.63. The molecule has 0 bridgehead atoms. The normalized spacial score (nSPS) is 15.0. The zero-order valence-electron chi connectivity index (χ0n) is 18.3. The summed E-state index contributed by atoms with van der Waals surface area (Å²) in [6.45, 7) is 5.39. The average Bonchev–Trinajstić information content (AvgIpc) is 3.27. The van der Waals surface area contributed by atoms with Crippen molar-refractivity contribution in [1.29, 1.82) is 0 Å². The van der Waals surface area contributed by atoms with E-state index in [1.165, 1.54) is 0 Å². The fourth-order valence-corrected chi connectivity index (χ4v) is 4.17. The molecule has 6 nitrogen and oxygen atoms in total. The SMILES string of the molecule is CCCN1CCC(NC(=O)c2cn(-c3ccccc3)nc2-c2ccccc2OC)CC1. The average molecular weight is 419 g/mol. The van der Waals surface area contributed by atoms with Crippen molar-refractivity contribution < 1.29 is 9.53 Å². The van der Waals surface area contributed by atoms with Crippen LogP contribution in [0.2, 0.25) is 0 Å². The highest BCUT2D eigenvalue weighted by molar-refractivity contribution is 6.00. The van der Waals surface area contributed by atoms with E-state index in [9.17, 15) is 4.79 Å². The van der Waals surface area contributed by atoms with Crippen LogP contribution in [0, 0.1) is 0 Å². The van der Waals surface area contributed by atoms with Gasteiger partial charge in [0.15, 0.2) is 0 Å². The predicted molar refractivity (Wildman–Crippen MR) is 123 cm³/mol. The molecule has 1 aliphatic heterocycles. The van der Waals surface area contributed by atoms with Crippen molar-refractivity contribution in [2.45, 2.75) is 32.2 Å². The summed E-state index contributed by atoms with van der Waals surface area (Å²) in [7, 11) is 1.64. The lowest BCUT2D eigenvalue weighted by molar-refractivity contribution is 0.0912. The largest absolute Gasteiger partial charge is 0.496 e. The second-order valence-corrected chi connectivity index (χ2v) is 7.96. The maximum Gasteiger partial charge on any atom is 0.255 e. The van der Waals surface area contributed by atoms with Crippen LogP contribution in [-0.2, 0) is 0 Å². The van der Waals surface area contributed by atoms with Crippen LogP contribution < -0.4 is 10.1 Å². The molecule has 4 rings (SSSR count). The second-order valence-electron chi connectivity index (χ2n) is 7.96. The zero-order chi connectivity index (χ0) is 21.6. The summed E-state index contributed by atoms with van der Waals surface area (Å²) >= 11 is 0. The van der Waals surface area contributed by atoms with E-state index in [4.69, 9.17) is 9.84 Å². The fourth-order valence-electron chi connectivity index (χ4n) is 4.17. The van der Waals surface area contributed by atoms with E-state index in [0.29, 0.717) is 17.0 Å². The number of methoxy groups -OCH3 is 1. The van der Waals surface area contributed by atoms with Crippen molar-refractivity contribution >= 4 is 5.91 Å². The van der Waals surface area contributed by atoms with Gasteiger partial charge in [-0.25, -0.2) is 4.68 Å². The second kappa shape index (κ2) is 9.79. The maximum atomic E-state index is 13.3. The van der Waals surface area contributed by atoms with Crippen molar-refractivity contribution in [3.8, 4) is 22.7 Å². The van der Waals surface area contributed by atoms with Crippen LogP contribution in [-0.4, -0.2) is 53.4 Å². The molecular weight excluding hydrogens is 388 g/mol. The van der Waals surface area contributed by atoms with E-state index in [1.54, 1.807) is 11.8 Å². The minimum absolute atomic E-state index is 0.0861. The lowest BCUT2D eigenvalue weighted by Crippen LogP contribution is -2.44. The Hall–Kier alpha value is -3.12. The molecule has 31 heavy (non-hydrogen) atoms. The number of benzene rings is 2. The molecule has 2 heterocycles. The van der Waals surface area contributed by atoms with Gasteiger partial charge in [-0.15, -0.1) is 0 Å². The third-order valence-electron chi connectivity index (χ3n) is 5.80. The van der Waals surface area contributed by atoms with Crippen LogP contribution in [0.5, 0.6) is 5.75 Å². The van der Waals surface area contributed by atoms with Crippen molar-refractivity contribution in [1.82, 2.24) is 20.0 Å². The van der Waals surface area contributed by atoms with Crippen molar-refractivity contribution in [3.05, 3.63) is 66.4 Å². The molecular formula is C25H30N4O2. The maximum absolute atomic E-state index is 13.3. The van der Waals surface area contributed by atoms with Crippen LogP contribution in [0.4, 0.5) is 0 Å². The van der Waals surface area contributed by atoms with Gasteiger partial charge in [-0.05, 0) is 50.1 Å². The van der Waals surface area contributed by atoms with Gasteiger partial charge in [0.1, 0.15) is 11.4 Å². The Kier molecular flexibility index (Phi) is 6.67. The van der Waals surface area contributed by atoms with Crippen molar-refractivity contribution in [2.75, 3.05) is 26.7 Å². The summed E-state index contributed by atoms with van der Waals surface area (Å²) < 4.78 is 7.31. The highest BCUT2D eigenvalue weighted by Gasteiger charge is 2.25. The number of amides is 1. The van der Waals surface area contributed by atoms with E-state index >= 15 is 0 Å². The Morgan fingerprint density at radius 3 is 2.52 bits per heavy atom. The molecule has 162 valence electrons. The van der Waals surface area contributed by atoms with Crippen molar-refractivity contribution in [2.24, 2.45) is 0 Å². The predicted octanol–water partition coefficient (Wildman–Crippen LogP) is 4.15. The Morgan fingerprint density at radius 1 is 1.10 bits per heavy atom. The number of nitrogens with one attached hydrogen (secondary N) is 1. The first-order chi connectivity index (χ1) is 15.2. The van der Waals surface area contributed by atoms with Gasteiger partial charge >= 0.3 is 0 Å². The molecule has 1 N–H and O–H groups in total. The molecule has 1 amide bonds. The van der Waals surface area contributed by atoms with Crippen molar-refractivity contribution in [3.63, 3.8) is 0 Å². The topological polar surface area (TPSA) is 59.4 Å². The molecule has 0 aliphatic carbocycles. The minimum atomic E-state index is -0.0861. The van der Waals surface area contributed by atoms with E-state index in [2.05, 4.69) is 17.1 Å². The number of para-hydroxylation sites is 2. The van der Waals surface area contributed by atoms with E-state index in [1.807, 2.05) is 60.8 Å². The summed E-state index contributed by atoms with van der Waals surface area (Å²) in [6, 6.07) is 17.7. The van der Waals surface area contributed by atoms with Gasteiger partial charge in [0.2, 0.25) is 0 Å². The molecule has 1 fully saturated rings. The van der Waals surface area contributed by atoms with Crippen LogP contribution in [0.15, 0.2) is 60.8 Å². The lowest BCUT2D eigenvalue weighted by atomic mass is 10.0. The lowest BCUT2D eigenvalue weighted by Gasteiger charge is -2.32. The van der Waals surface area contributed by atoms with Crippen LogP contribution in [0.1, 0.15) is 36.5 Å². The Bertz CT molecular complexity index is 1010. The summed E-state index contributed by atoms with van der Waals surface area (Å²) in [6.07, 6.45) is 4.93. The molecule has 1 aromatic heterocycles. The first-order valence-corrected chi connectivity index (χ1v) is 11.0. The number of ether oxygens (including phenoxy) is 1. The van der Waals surface area contributed by atoms with Gasteiger partial charge in [-0.1, -0.05) is 37.3 Å². The molecule has 0 radical (unpaired) electrons. The van der Waals surface area contributed by atoms with Gasteiger partial charge in [0, 0.05) is 30.9 Å². The Labute approximate surface area is 183 Å². The number of carbonyl (C=O) groups excluding carboxylic acids is 1. The van der Waals surface area contributed by atoms with Crippen LogP contribution in [0.3, 0.4) is 0 Å². The third kappa shape index (κ3) is 4.80. The van der Waals surface area contributed by atoms with Crippen LogP contribution >= 0.6 is 0 Å². The van der Waals surface area contributed by atoms with Crippen LogP contribution in [0.25, 0.3) is 16.9 Å².